The van der Waals surface area contributed by atoms with Gasteiger partial charge in [0.05, 0.1) is 11.6 Å². The van der Waals surface area contributed by atoms with Gasteiger partial charge in [0.25, 0.3) is 0 Å². The molecule has 1 N–H and O–H groups in total. The van der Waals surface area contributed by atoms with E-state index in [1.807, 2.05) is 32.0 Å². The number of hydrogen-bond acceptors (Lipinski definition) is 2. The summed E-state index contributed by atoms with van der Waals surface area (Å²) < 4.78 is 18.9. The lowest BCUT2D eigenvalue weighted by atomic mass is 10.1. The van der Waals surface area contributed by atoms with Gasteiger partial charge >= 0.3 is 0 Å². The molecule has 4 heteroatoms. The number of methoxy groups -OCH3 is 1. The first-order chi connectivity index (χ1) is 9.51. The molecule has 0 radical (unpaired) electrons. The second kappa shape index (κ2) is 6.27. The Labute approximate surface area is 127 Å². The van der Waals surface area contributed by atoms with Crippen molar-refractivity contribution >= 4 is 21.6 Å². The molecule has 0 aliphatic heterocycles. The molecule has 0 fully saturated rings. The van der Waals surface area contributed by atoms with Crippen LogP contribution in [0.2, 0.25) is 0 Å². The third-order valence-electron chi connectivity index (χ3n) is 3.25. The summed E-state index contributed by atoms with van der Waals surface area (Å²) in [6.07, 6.45) is 0. The van der Waals surface area contributed by atoms with E-state index in [2.05, 4.69) is 21.2 Å². The van der Waals surface area contributed by atoms with Crippen LogP contribution in [0.25, 0.3) is 0 Å². The third kappa shape index (κ3) is 3.31. The van der Waals surface area contributed by atoms with Crippen LogP contribution >= 0.6 is 15.9 Å². The first-order valence-corrected chi connectivity index (χ1v) is 7.16. The van der Waals surface area contributed by atoms with Crippen LogP contribution in [-0.2, 0) is 0 Å². The molecule has 0 aliphatic carbocycles. The Morgan fingerprint density at radius 3 is 2.55 bits per heavy atom. The summed E-state index contributed by atoms with van der Waals surface area (Å²) in [6.45, 7) is 4.07. The number of aryl methyl sites for hydroxylation is 1. The second-order valence-corrected chi connectivity index (χ2v) is 5.57. The SMILES string of the molecule is COc1ccc(NC(C)c2ccc(F)c(Br)c2)c(C)c1. The molecule has 20 heavy (non-hydrogen) atoms. The van der Waals surface area contributed by atoms with Gasteiger partial charge in [-0.3, -0.25) is 0 Å². The zero-order valence-electron chi connectivity index (χ0n) is 11.7. The summed E-state index contributed by atoms with van der Waals surface area (Å²) in [5, 5.41) is 3.43. The average Bonchev–Trinajstić information content (AvgIpc) is 2.43. The Bertz CT molecular complexity index is 615. The van der Waals surface area contributed by atoms with Gasteiger partial charge in [-0.05, 0) is 71.2 Å². The summed E-state index contributed by atoms with van der Waals surface area (Å²) in [4.78, 5) is 0. The molecule has 0 saturated heterocycles. The van der Waals surface area contributed by atoms with E-state index in [1.54, 1.807) is 19.2 Å². The van der Waals surface area contributed by atoms with Crippen molar-refractivity contribution in [1.82, 2.24) is 0 Å². The molecule has 2 nitrogen and oxygen atoms in total. The first kappa shape index (κ1) is 14.9. The molecule has 2 rings (SSSR count). The summed E-state index contributed by atoms with van der Waals surface area (Å²) in [6, 6.07) is 11.0. The third-order valence-corrected chi connectivity index (χ3v) is 3.86. The molecule has 0 saturated carbocycles. The Balaban J connectivity index is 2.18. The monoisotopic (exact) mass is 337 g/mol. The van der Waals surface area contributed by atoms with Gasteiger partial charge in [0.15, 0.2) is 0 Å². The van der Waals surface area contributed by atoms with Gasteiger partial charge < -0.3 is 10.1 Å². The van der Waals surface area contributed by atoms with Crippen molar-refractivity contribution in [2.45, 2.75) is 19.9 Å². The Morgan fingerprint density at radius 1 is 1.20 bits per heavy atom. The zero-order chi connectivity index (χ0) is 14.7. The molecule has 0 spiro atoms. The minimum atomic E-state index is -0.249. The summed E-state index contributed by atoms with van der Waals surface area (Å²) in [5.74, 6) is 0.590. The van der Waals surface area contributed by atoms with Gasteiger partial charge in [0.2, 0.25) is 0 Å². The highest BCUT2D eigenvalue weighted by Gasteiger charge is 2.09. The van der Waals surface area contributed by atoms with Crippen LogP contribution in [0.1, 0.15) is 24.1 Å². The van der Waals surface area contributed by atoms with Crippen molar-refractivity contribution in [1.29, 1.82) is 0 Å². The predicted octanol–water partition coefficient (Wildman–Crippen LogP) is 5.08. The number of nitrogens with one attached hydrogen (secondary N) is 1. The molecule has 106 valence electrons. The van der Waals surface area contributed by atoms with E-state index in [-0.39, 0.29) is 11.9 Å². The molecular weight excluding hydrogens is 321 g/mol. The van der Waals surface area contributed by atoms with Gasteiger partial charge in [0, 0.05) is 11.7 Å². The van der Waals surface area contributed by atoms with Crippen LogP contribution in [0.4, 0.5) is 10.1 Å². The molecule has 0 aromatic heterocycles. The highest BCUT2D eigenvalue weighted by atomic mass is 79.9. The topological polar surface area (TPSA) is 21.3 Å². The minimum absolute atomic E-state index is 0.0824. The molecule has 1 atom stereocenters. The zero-order valence-corrected chi connectivity index (χ0v) is 13.3. The van der Waals surface area contributed by atoms with Crippen LogP contribution in [-0.4, -0.2) is 7.11 Å². The van der Waals surface area contributed by atoms with E-state index in [9.17, 15) is 4.39 Å². The standard InChI is InChI=1S/C16H17BrFNO/c1-10-8-13(20-3)5-7-16(10)19-11(2)12-4-6-15(18)14(17)9-12/h4-9,11,19H,1-3H3. The number of anilines is 1. The second-order valence-electron chi connectivity index (χ2n) is 4.72. The summed E-state index contributed by atoms with van der Waals surface area (Å²) in [5.41, 5.74) is 3.17. The average molecular weight is 338 g/mol. The molecule has 0 aliphatic rings. The molecule has 1 unspecified atom stereocenters. The van der Waals surface area contributed by atoms with E-state index in [0.29, 0.717) is 4.47 Å². The van der Waals surface area contributed by atoms with E-state index in [4.69, 9.17) is 4.74 Å². The van der Waals surface area contributed by atoms with Crippen molar-refractivity contribution in [3.63, 3.8) is 0 Å². The van der Waals surface area contributed by atoms with Gasteiger partial charge in [-0.1, -0.05) is 6.07 Å². The number of benzene rings is 2. The lowest BCUT2D eigenvalue weighted by Crippen LogP contribution is -2.08. The normalized spacial score (nSPS) is 12.1. The van der Waals surface area contributed by atoms with Crippen molar-refractivity contribution in [3.8, 4) is 5.75 Å². The lowest BCUT2D eigenvalue weighted by molar-refractivity contribution is 0.414. The van der Waals surface area contributed by atoms with Gasteiger partial charge in [-0.15, -0.1) is 0 Å². The Morgan fingerprint density at radius 2 is 1.95 bits per heavy atom. The van der Waals surface area contributed by atoms with Crippen molar-refractivity contribution < 1.29 is 9.13 Å². The van der Waals surface area contributed by atoms with E-state index >= 15 is 0 Å². The summed E-state index contributed by atoms with van der Waals surface area (Å²) in [7, 11) is 1.65. The highest BCUT2D eigenvalue weighted by molar-refractivity contribution is 9.10. The number of rotatable bonds is 4. The fraction of sp³-hybridized carbons (Fsp3) is 0.250. The maximum atomic E-state index is 13.3. The molecular formula is C16H17BrFNO. The van der Waals surface area contributed by atoms with Crippen LogP contribution < -0.4 is 10.1 Å². The van der Waals surface area contributed by atoms with Crippen LogP contribution in [0.5, 0.6) is 5.75 Å². The maximum absolute atomic E-state index is 13.3. The largest absolute Gasteiger partial charge is 0.497 e. The maximum Gasteiger partial charge on any atom is 0.137 e. The fourth-order valence-corrected chi connectivity index (χ4v) is 2.42. The fourth-order valence-electron chi connectivity index (χ4n) is 2.02. The molecule has 2 aromatic carbocycles. The number of hydrogen-bond donors (Lipinski definition) is 1. The first-order valence-electron chi connectivity index (χ1n) is 6.37. The Hall–Kier alpha value is -1.55. The molecule has 2 aromatic rings. The van der Waals surface area contributed by atoms with Gasteiger partial charge in [0.1, 0.15) is 11.6 Å². The summed E-state index contributed by atoms with van der Waals surface area (Å²) >= 11 is 3.21. The highest BCUT2D eigenvalue weighted by Crippen LogP contribution is 2.27. The van der Waals surface area contributed by atoms with Crippen LogP contribution in [0, 0.1) is 12.7 Å². The number of halogens is 2. The van der Waals surface area contributed by atoms with Crippen molar-refractivity contribution in [2.24, 2.45) is 0 Å². The van der Waals surface area contributed by atoms with Crippen molar-refractivity contribution in [2.75, 3.05) is 12.4 Å². The number of ether oxygens (including phenoxy) is 1. The van der Waals surface area contributed by atoms with Gasteiger partial charge in [-0.2, -0.15) is 0 Å². The predicted molar refractivity (Wildman–Crippen MR) is 83.9 cm³/mol. The lowest BCUT2D eigenvalue weighted by Gasteiger charge is -2.18. The van der Waals surface area contributed by atoms with Gasteiger partial charge in [-0.25, -0.2) is 4.39 Å². The van der Waals surface area contributed by atoms with Crippen molar-refractivity contribution in [3.05, 3.63) is 57.8 Å². The van der Waals surface area contributed by atoms with Crippen LogP contribution in [0.3, 0.4) is 0 Å². The van der Waals surface area contributed by atoms with Crippen LogP contribution in [0.15, 0.2) is 40.9 Å². The van der Waals surface area contributed by atoms with E-state index < -0.39 is 0 Å². The molecule has 0 heterocycles. The van der Waals surface area contributed by atoms with E-state index in [0.717, 1.165) is 22.6 Å². The minimum Gasteiger partial charge on any atom is -0.497 e. The molecule has 0 amide bonds. The Kier molecular flexibility index (Phi) is 4.65. The smallest absolute Gasteiger partial charge is 0.137 e. The molecule has 0 bridgehead atoms. The quantitative estimate of drug-likeness (QED) is 0.840. The van der Waals surface area contributed by atoms with E-state index in [1.165, 1.54) is 6.07 Å².